The number of rotatable bonds is 2. The van der Waals surface area contributed by atoms with Crippen LogP contribution in [0.2, 0.25) is 0 Å². The number of benzene rings is 2. The van der Waals surface area contributed by atoms with Gasteiger partial charge in [-0.25, -0.2) is 8.78 Å². The van der Waals surface area contributed by atoms with Crippen LogP contribution in [0.1, 0.15) is 10.4 Å². The summed E-state index contributed by atoms with van der Waals surface area (Å²) in [5.41, 5.74) is 6.63. The number of anilines is 2. The third-order valence-corrected chi connectivity index (χ3v) is 3.16. The van der Waals surface area contributed by atoms with Crippen LogP contribution in [0.15, 0.2) is 40.9 Å². The lowest BCUT2D eigenvalue weighted by atomic mass is 10.2. The van der Waals surface area contributed by atoms with Crippen LogP contribution < -0.4 is 11.1 Å². The number of nitrogens with two attached hydrogens (primary N) is 1. The zero-order valence-electron chi connectivity index (χ0n) is 9.58. The highest BCUT2D eigenvalue weighted by atomic mass is 79.9. The zero-order valence-corrected chi connectivity index (χ0v) is 11.2. The van der Waals surface area contributed by atoms with E-state index >= 15 is 0 Å². The Morgan fingerprint density at radius 2 is 1.84 bits per heavy atom. The molecule has 1 amide bonds. The number of nitrogens with one attached hydrogen (secondary N) is 1. The molecule has 0 saturated carbocycles. The molecule has 0 aliphatic rings. The Kier molecular flexibility index (Phi) is 3.80. The van der Waals surface area contributed by atoms with Gasteiger partial charge in [-0.15, -0.1) is 0 Å². The molecule has 3 nitrogen and oxygen atoms in total. The molecule has 2 rings (SSSR count). The van der Waals surface area contributed by atoms with Gasteiger partial charge in [0, 0.05) is 21.4 Å². The van der Waals surface area contributed by atoms with Crippen LogP contribution in [-0.2, 0) is 0 Å². The molecule has 0 heterocycles. The maximum atomic E-state index is 13.0. The van der Waals surface area contributed by atoms with E-state index in [0.717, 1.165) is 12.1 Å². The quantitative estimate of drug-likeness (QED) is 0.829. The topological polar surface area (TPSA) is 55.1 Å². The first-order valence-corrected chi connectivity index (χ1v) is 6.08. The number of hydrogen-bond donors (Lipinski definition) is 2. The molecule has 0 aromatic heterocycles. The Balaban J connectivity index is 2.20. The van der Waals surface area contributed by atoms with Crippen molar-refractivity contribution in [3.8, 4) is 0 Å². The van der Waals surface area contributed by atoms with Crippen molar-refractivity contribution in [2.75, 3.05) is 11.1 Å². The number of nitrogen functional groups attached to an aromatic ring is 1. The average molecular weight is 327 g/mol. The Morgan fingerprint density at radius 3 is 2.47 bits per heavy atom. The molecule has 2 aromatic rings. The van der Waals surface area contributed by atoms with Gasteiger partial charge in [-0.3, -0.25) is 4.79 Å². The van der Waals surface area contributed by atoms with Crippen LogP contribution in [-0.4, -0.2) is 5.91 Å². The molecule has 0 radical (unpaired) electrons. The van der Waals surface area contributed by atoms with Crippen molar-refractivity contribution in [1.82, 2.24) is 0 Å². The van der Waals surface area contributed by atoms with Gasteiger partial charge in [-0.1, -0.05) is 0 Å². The molecule has 2 aromatic carbocycles. The van der Waals surface area contributed by atoms with E-state index in [1.165, 1.54) is 6.07 Å². The van der Waals surface area contributed by atoms with Gasteiger partial charge in [-0.2, -0.15) is 0 Å². The van der Waals surface area contributed by atoms with E-state index in [1.54, 1.807) is 18.2 Å². The standard InChI is InChI=1S/C13H9BrF2N2O/c14-9-3-2-8(6-12(9)17)18-13(19)7-1-4-10(15)11(16)5-7/h1-6H,17H2,(H,18,19). The van der Waals surface area contributed by atoms with E-state index in [2.05, 4.69) is 21.2 Å². The smallest absolute Gasteiger partial charge is 0.255 e. The third kappa shape index (κ3) is 3.08. The molecular weight excluding hydrogens is 318 g/mol. The predicted octanol–water partition coefficient (Wildman–Crippen LogP) is 3.56. The molecule has 0 spiro atoms. The van der Waals surface area contributed by atoms with Gasteiger partial charge in [-0.05, 0) is 52.3 Å². The van der Waals surface area contributed by atoms with E-state index < -0.39 is 17.5 Å². The fourth-order valence-electron chi connectivity index (χ4n) is 1.46. The van der Waals surface area contributed by atoms with Crippen LogP contribution in [0, 0.1) is 11.6 Å². The number of amides is 1. The second-order valence-electron chi connectivity index (χ2n) is 3.82. The van der Waals surface area contributed by atoms with Crippen LogP contribution in [0.5, 0.6) is 0 Å². The molecule has 0 bridgehead atoms. The summed E-state index contributed by atoms with van der Waals surface area (Å²) in [4.78, 5) is 11.8. The first-order chi connectivity index (χ1) is 8.97. The highest BCUT2D eigenvalue weighted by Gasteiger charge is 2.10. The lowest BCUT2D eigenvalue weighted by molar-refractivity contribution is 0.102. The first-order valence-electron chi connectivity index (χ1n) is 5.29. The molecule has 0 fully saturated rings. The predicted molar refractivity (Wildman–Crippen MR) is 72.9 cm³/mol. The van der Waals surface area contributed by atoms with Crippen molar-refractivity contribution in [1.29, 1.82) is 0 Å². The Hall–Kier alpha value is -1.95. The van der Waals surface area contributed by atoms with Gasteiger partial charge < -0.3 is 11.1 Å². The summed E-state index contributed by atoms with van der Waals surface area (Å²) in [7, 11) is 0. The minimum Gasteiger partial charge on any atom is -0.398 e. The van der Waals surface area contributed by atoms with Crippen molar-refractivity contribution < 1.29 is 13.6 Å². The summed E-state index contributed by atoms with van der Waals surface area (Å²) in [6.45, 7) is 0. The van der Waals surface area contributed by atoms with Gasteiger partial charge in [0.2, 0.25) is 0 Å². The normalized spacial score (nSPS) is 10.3. The van der Waals surface area contributed by atoms with Crippen LogP contribution in [0.3, 0.4) is 0 Å². The van der Waals surface area contributed by atoms with Gasteiger partial charge >= 0.3 is 0 Å². The second kappa shape index (κ2) is 5.36. The number of carbonyl (C=O) groups excluding carboxylic acids is 1. The van der Waals surface area contributed by atoms with Gasteiger partial charge in [0.25, 0.3) is 5.91 Å². The molecule has 0 saturated heterocycles. The molecule has 3 N–H and O–H groups in total. The Bertz CT molecular complexity index is 647. The monoisotopic (exact) mass is 326 g/mol. The van der Waals surface area contributed by atoms with Crippen molar-refractivity contribution >= 4 is 33.2 Å². The van der Waals surface area contributed by atoms with Gasteiger partial charge in [0.15, 0.2) is 11.6 Å². The fourth-order valence-corrected chi connectivity index (χ4v) is 1.71. The van der Waals surface area contributed by atoms with Crippen molar-refractivity contribution in [2.45, 2.75) is 0 Å². The second-order valence-corrected chi connectivity index (χ2v) is 4.67. The fraction of sp³-hybridized carbons (Fsp3) is 0. The molecular formula is C13H9BrF2N2O. The summed E-state index contributed by atoms with van der Waals surface area (Å²) < 4.78 is 26.5. The summed E-state index contributed by atoms with van der Waals surface area (Å²) in [5, 5.41) is 2.54. The Labute approximate surface area is 116 Å². The van der Waals surface area contributed by atoms with Crippen molar-refractivity contribution in [3.05, 3.63) is 58.1 Å². The Morgan fingerprint density at radius 1 is 1.11 bits per heavy atom. The van der Waals surface area contributed by atoms with Crippen LogP contribution in [0.25, 0.3) is 0 Å². The number of halogens is 3. The molecule has 6 heteroatoms. The van der Waals surface area contributed by atoms with Crippen molar-refractivity contribution in [3.63, 3.8) is 0 Å². The van der Waals surface area contributed by atoms with Gasteiger partial charge in [0.05, 0.1) is 0 Å². The van der Waals surface area contributed by atoms with E-state index in [0.29, 0.717) is 15.8 Å². The van der Waals surface area contributed by atoms with E-state index in [4.69, 9.17) is 5.73 Å². The SMILES string of the molecule is Nc1cc(NC(=O)c2ccc(F)c(F)c2)ccc1Br. The summed E-state index contributed by atoms with van der Waals surface area (Å²) in [5.74, 6) is -2.60. The largest absolute Gasteiger partial charge is 0.398 e. The maximum absolute atomic E-state index is 13.0. The maximum Gasteiger partial charge on any atom is 0.255 e. The summed E-state index contributed by atoms with van der Waals surface area (Å²) >= 11 is 3.23. The van der Waals surface area contributed by atoms with Crippen molar-refractivity contribution in [2.24, 2.45) is 0 Å². The molecule has 19 heavy (non-hydrogen) atoms. The van der Waals surface area contributed by atoms with E-state index in [-0.39, 0.29) is 5.56 Å². The zero-order chi connectivity index (χ0) is 14.0. The highest BCUT2D eigenvalue weighted by Crippen LogP contribution is 2.23. The molecule has 0 atom stereocenters. The summed E-state index contributed by atoms with van der Waals surface area (Å²) in [6.07, 6.45) is 0. The van der Waals surface area contributed by atoms with E-state index in [1.807, 2.05) is 0 Å². The average Bonchev–Trinajstić information content (AvgIpc) is 2.37. The molecule has 0 aliphatic carbocycles. The molecule has 0 unspecified atom stereocenters. The summed E-state index contributed by atoms with van der Waals surface area (Å²) in [6, 6.07) is 7.82. The molecule has 98 valence electrons. The van der Waals surface area contributed by atoms with Crippen LogP contribution in [0.4, 0.5) is 20.2 Å². The lowest BCUT2D eigenvalue weighted by Gasteiger charge is -2.07. The number of hydrogen-bond acceptors (Lipinski definition) is 2. The van der Waals surface area contributed by atoms with Crippen LogP contribution >= 0.6 is 15.9 Å². The lowest BCUT2D eigenvalue weighted by Crippen LogP contribution is -2.12. The van der Waals surface area contributed by atoms with Gasteiger partial charge in [0.1, 0.15) is 0 Å². The third-order valence-electron chi connectivity index (χ3n) is 2.44. The minimum absolute atomic E-state index is 0.0281. The highest BCUT2D eigenvalue weighted by molar-refractivity contribution is 9.10. The first kappa shape index (κ1) is 13.5. The minimum atomic E-state index is -1.07. The number of carbonyl (C=O) groups is 1. The van der Waals surface area contributed by atoms with E-state index in [9.17, 15) is 13.6 Å². The molecule has 0 aliphatic heterocycles.